The number of aldehydes is 1. The van der Waals surface area contributed by atoms with Crippen molar-refractivity contribution in [1.82, 2.24) is 15.0 Å². The molecule has 0 bridgehead atoms. The summed E-state index contributed by atoms with van der Waals surface area (Å²) in [7, 11) is 4.85. The second-order valence-corrected chi connectivity index (χ2v) is 23.1. The van der Waals surface area contributed by atoms with Gasteiger partial charge in [-0.15, -0.1) is 0 Å². The number of rotatable bonds is 16. The molecule has 42 heteroatoms. The fourth-order valence-electron chi connectivity index (χ4n) is 5.89. The molecule has 8 rings (SSSR count). The zero-order valence-corrected chi connectivity index (χ0v) is 55.5. The molecule has 0 fully saturated rings. The van der Waals surface area contributed by atoms with E-state index in [1.165, 1.54) is 87.2 Å². The molecule has 0 radical (unpaired) electrons. The molecule has 0 spiro atoms. The molecule has 0 unspecified atom stereocenters. The van der Waals surface area contributed by atoms with Gasteiger partial charge in [0.2, 0.25) is 23.6 Å². The number of carbonyl (C=O) groups excluding carboxylic acids is 3. The molecule has 5 aromatic heterocycles. The maximum atomic E-state index is 10.7. The van der Waals surface area contributed by atoms with Crippen LogP contribution in [0.3, 0.4) is 0 Å². The highest BCUT2D eigenvalue weighted by molar-refractivity contribution is 8.20. The number of aromatic nitrogens is 5. The van der Waals surface area contributed by atoms with Gasteiger partial charge < -0.3 is 41.5 Å². The van der Waals surface area contributed by atoms with Crippen LogP contribution in [0.1, 0.15) is 30.5 Å². The van der Waals surface area contributed by atoms with Crippen molar-refractivity contribution in [3.63, 3.8) is 0 Å². The molecule has 3 aromatic carbocycles. The second-order valence-electron chi connectivity index (χ2n) is 17.1. The van der Waals surface area contributed by atoms with Crippen LogP contribution in [-0.4, -0.2) is 94.9 Å². The summed E-state index contributed by atoms with van der Waals surface area (Å²) >= 11 is 24.6. The Labute approximate surface area is 573 Å². The molecule has 0 aliphatic heterocycles. The first-order chi connectivity index (χ1) is 45.6. The molecule has 0 aliphatic carbocycles. The largest absolute Gasteiger partial charge is 0.497 e. The van der Waals surface area contributed by atoms with Gasteiger partial charge in [-0.2, -0.15) is 13.2 Å². The first-order valence-corrected chi connectivity index (χ1v) is 30.7. The summed E-state index contributed by atoms with van der Waals surface area (Å²) in [6.45, 7) is 4.15. The van der Waals surface area contributed by atoms with Crippen LogP contribution in [0, 0.1) is 50.6 Å². The molecule has 0 saturated heterocycles. The Hall–Kier alpha value is -10.8. The fraction of sp³-hybridized carbons (Fsp3) is 0.164. The third kappa shape index (κ3) is 40.9. The van der Waals surface area contributed by atoms with E-state index in [-0.39, 0.29) is 62.2 Å². The molecule has 520 valence electrons. The number of hydrogen-bond acceptors (Lipinski definition) is 25. The third-order valence-corrected chi connectivity index (χ3v) is 10.5. The van der Waals surface area contributed by atoms with E-state index in [4.69, 9.17) is 81.0 Å². The Morgan fingerprint density at radius 2 is 0.907 bits per heavy atom. The van der Waals surface area contributed by atoms with Gasteiger partial charge in [0.05, 0.1) is 76.3 Å². The number of nitrogens with one attached hydrogen (secondary N) is 3. The summed E-state index contributed by atoms with van der Waals surface area (Å²) in [5, 5.41) is 78.0. The fourth-order valence-corrected chi connectivity index (χ4v) is 6.06. The SMILES string of the molecule is CC(=O)Cl.CC(=O)Nc1cc([N+](=O)[O-])ccn1.COc1ccc(CN)cc1.COc1ccc(CNc2cc([N+](=O)[O-])cc[n+]2O)cc1.COc1ccc(CNc2cc([N+](=O)[O-])ccn2)cc1.ClP(Cl)Cl.Nc1cc([N+](=O)[O-])ccn1.O=CC(F)(F)F.O=[N+]([O-])c1cc[n+](O)c(Cl)c1. The standard InChI is InChI=1S/C13H13N3O4.C13H13N3O3.C8H11NO.C7H7N3O3.C5H4ClN2O3.C5H5N3O2.C2H3ClO.C2HF3O.Cl3P/c1-20-12-4-2-10(3-5-12)9-14-13-8-11(16(18)19)6-7-15(13)17;1-19-12-4-2-10(3-5-12)9-15-13-8-11(16(17)18)6-7-14-13;1-10-8-4-2-7(6-9)3-5-8;1-5(11)9-7-4-6(10(12)13)2-3-8-7;6-5-3-4(8(10)11)1-2-7(5)9;6-5-3-4(8(9)10)1-2-7-5;1-2(3)4;3-2(4,5)1-6;1-4(2)3/h2-8,17H,9H2,1H3;2-8H,9H2,1H3,(H,14,15);2-5H,6,9H2,1H3;2-4H,1H3,(H,8,9,11);1-3,9H;1-3H,(H2,6,7);1H3;1H;/q;;;;+1;;;;/p+1. The van der Waals surface area contributed by atoms with Gasteiger partial charge in [0, 0.05) is 68.5 Å². The number of halogens is 8. The topological polar surface area (TPSA) is 470 Å². The van der Waals surface area contributed by atoms with Crippen molar-refractivity contribution in [1.29, 1.82) is 0 Å². The summed E-state index contributed by atoms with van der Waals surface area (Å²) in [6, 6.07) is 35.1. The van der Waals surface area contributed by atoms with Gasteiger partial charge in [0.15, 0.2) is 5.98 Å². The number of alkyl halides is 3. The summed E-state index contributed by atoms with van der Waals surface area (Å²) < 4.78 is 47.7. The second kappa shape index (κ2) is 47.2. The minimum absolute atomic E-state index is 0.0206. The van der Waals surface area contributed by atoms with Crippen LogP contribution in [0.2, 0.25) is 5.15 Å². The number of ether oxygens (including phenoxy) is 3. The number of hydrogen-bond donors (Lipinski definition) is 7. The maximum Gasteiger partial charge on any atom is 0.446 e. The van der Waals surface area contributed by atoms with Gasteiger partial charge >= 0.3 is 17.1 Å². The molecule has 97 heavy (non-hydrogen) atoms. The van der Waals surface area contributed by atoms with Crippen molar-refractivity contribution in [2.75, 3.05) is 43.0 Å². The van der Waals surface area contributed by atoms with E-state index in [9.17, 15) is 78.5 Å². The molecule has 5 heterocycles. The van der Waals surface area contributed by atoms with Gasteiger partial charge in [0.1, 0.15) is 59.6 Å². The van der Waals surface area contributed by atoms with Crippen LogP contribution >= 0.6 is 62.9 Å². The number of nitrogens with zero attached hydrogens (tertiary/aromatic N) is 10. The van der Waals surface area contributed by atoms with Crippen molar-refractivity contribution >= 4 is 132 Å². The van der Waals surface area contributed by atoms with Crippen LogP contribution in [0.4, 0.5) is 64.9 Å². The summed E-state index contributed by atoms with van der Waals surface area (Å²) in [4.78, 5) is 89.0. The Bertz CT molecular complexity index is 3770. The van der Waals surface area contributed by atoms with Crippen LogP contribution in [-0.2, 0) is 34.0 Å². The van der Waals surface area contributed by atoms with E-state index in [0.29, 0.717) is 30.2 Å². The van der Waals surface area contributed by atoms with E-state index in [1.807, 2.05) is 72.8 Å². The molecule has 9 N–H and O–H groups in total. The number of benzene rings is 3. The third-order valence-electron chi connectivity index (χ3n) is 10.2. The number of nitro groups is 5. The molecular formula is C55H58Cl5F3N15O18P+2. The van der Waals surface area contributed by atoms with Crippen molar-refractivity contribution in [2.45, 2.75) is 39.7 Å². The number of carbonyl (C=O) groups is 3. The zero-order valence-electron chi connectivity index (χ0n) is 50.8. The highest BCUT2D eigenvalue weighted by atomic mass is 36.0. The summed E-state index contributed by atoms with van der Waals surface area (Å²) in [5.74, 6) is 1.96. The predicted octanol–water partition coefficient (Wildman–Crippen LogP) is 12.2. The van der Waals surface area contributed by atoms with Crippen molar-refractivity contribution in [3.05, 3.63) is 237 Å². The Kier molecular flexibility index (Phi) is 42.0. The lowest BCUT2D eigenvalue weighted by Gasteiger charge is -2.06. The van der Waals surface area contributed by atoms with Gasteiger partial charge in [-0.3, -0.25) is 75.5 Å². The van der Waals surface area contributed by atoms with Crippen LogP contribution < -0.4 is 51.1 Å². The number of pyridine rings is 5. The molecule has 33 nitrogen and oxygen atoms in total. The number of amides is 1. The Morgan fingerprint density at radius 3 is 1.25 bits per heavy atom. The van der Waals surface area contributed by atoms with E-state index in [0.717, 1.165) is 57.0 Å². The molecule has 0 saturated carbocycles. The highest BCUT2D eigenvalue weighted by Crippen LogP contribution is 2.51. The highest BCUT2D eigenvalue weighted by Gasteiger charge is 2.25. The van der Waals surface area contributed by atoms with E-state index < -0.39 is 43.1 Å². The molecule has 1 amide bonds. The number of nitrogen functional groups attached to an aromatic ring is 1. The minimum atomic E-state index is -4.64. The molecule has 0 atom stereocenters. The number of methoxy groups -OCH3 is 3. The maximum absolute atomic E-state index is 10.7. The van der Waals surface area contributed by atoms with Gasteiger partial charge in [-0.1, -0.05) is 74.9 Å². The molecule has 8 aromatic rings. The van der Waals surface area contributed by atoms with Crippen molar-refractivity contribution in [2.24, 2.45) is 5.73 Å². The van der Waals surface area contributed by atoms with E-state index >= 15 is 0 Å². The van der Waals surface area contributed by atoms with Crippen LogP contribution in [0.25, 0.3) is 0 Å². The van der Waals surface area contributed by atoms with Crippen molar-refractivity contribution < 1.29 is 86.3 Å². The summed E-state index contributed by atoms with van der Waals surface area (Å²) in [5.41, 5.74) is 13.3. The smallest absolute Gasteiger partial charge is 0.446 e. The Morgan fingerprint density at radius 1 is 0.577 bits per heavy atom. The van der Waals surface area contributed by atoms with E-state index in [2.05, 4.69) is 42.5 Å². The molecular weight excluding hydrogens is 1420 g/mol. The zero-order chi connectivity index (χ0) is 73.8. The quantitative estimate of drug-likeness (QED) is 0.00690. The van der Waals surface area contributed by atoms with Gasteiger partial charge in [0.25, 0.3) is 28.4 Å². The normalized spacial score (nSPS) is 9.60. The van der Waals surface area contributed by atoms with Crippen LogP contribution in [0.15, 0.2) is 164 Å². The van der Waals surface area contributed by atoms with Crippen molar-refractivity contribution in [3.8, 4) is 17.2 Å². The average molecular weight is 1480 g/mol. The predicted molar refractivity (Wildman–Crippen MR) is 352 cm³/mol. The number of anilines is 4. The lowest BCUT2D eigenvalue weighted by atomic mass is 10.2. The monoisotopic (exact) mass is 1480 g/mol. The minimum Gasteiger partial charge on any atom is -0.497 e. The summed E-state index contributed by atoms with van der Waals surface area (Å²) in [6.07, 6.45) is 0.591. The number of nitrogens with two attached hydrogens (primary N) is 2. The van der Waals surface area contributed by atoms with Gasteiger partial charge in [-0.25, -0.2) is 15.0 Å². The molecule has 0 aliphatic rings. The lowest BCUT2D eigenvalue weighted by molar-refractivity contribution is -0.903. The first kappa shape index (κ1) is 86.2. The van der Waals surface area contributed by atoms with E-state index in [1.54, 1.807) is 21.3 Å². The first-order valence-electron chi connectivity index (χ1n) is 25.9. The van der Waals surface area contributed by atoms with Gasteiger partial charge in [-0.05, 0) is 76.3 Å². The van der Waals surface area contributed by atoms with Crippen LogP contribution in [0.5, 0.6) is 17.2 Å². The Balaban J connectivity index is 0.00000111. The average Bonchev–Trinajstić information content (AvgIpc) is 0.948. The lowest BCUT2D eigenvalue weighted by Crippen LogP contribution is -2.33.